The van der Waals surface area contributed by atoms with Crippen LogP contribution < -0.4 is 11.0 Å². The minimum Gasteiger partial charge on any atom is -0.353 e. The molecule has 1 rings (SSSR count). The third-order valence-corrected chi connectivity index (χ3v) is 3.90. The second kappa shape index (κ2) is 7.10. The molecule has 1 heterocycles. The molecule has 0 unspecified atom stereocenters. The van der Waals surface area contributed by atoms with Crippen molar-refractivity contribution in [3.05, 3.63) is 21.7 Å². The van der Waals surface area contributed by atoms with Crippen LogP contribution in [-0.4, -0.2) is 27.7 Å². The summed E-state index contributed by atoms with van der Waals surface area (Å²) in [6, 6.07) is 2.06. The molecule has 0 aromatic carbocycles. The van der Waals surface area contributed by atoms with Crippen molar-refractivity contribution in [3.63, 3.8) is 0 Å². The first-order valence-corrected chi connectivity index (χ1v) is 7.27. The summed E-state index contributed by atoms with van der Waals surface area (Å²) in [6.45, 7) is 7.61. The Hall–Kier alpha value is -1.81. The highest BCUT2D eigenvalue weighted by Gasteiger charge is 2.14. The number of nitrogens with one attached hydrogen (secondary N) is 2. The van der Waals surface area contributed by atoms with E-state index in [0.29, 0.717) is 22.2 Å². The average Bonchev–Trinajstić information content (AvgIpc) is 2.35. The van der Waals surface area contributed by atoms with Crippen LogP contribution in [0.4, 0.5) is 0 Å². The van der Waals surface area contributed by atoms with E-state index in [2.05, 4.69) is 15.3 Å². The Morgan fingerprint density at radius 1 is 1.50 bits per heavy atom. The molecule has 1 aromatic heterocycles. The number of thioether (sulfide) groups is 1. The van der Waals surface area contributed by atoms with E-state index in [-0.39, 0.29) is 17.7 Å². The number of H-pyrrole nitrogens is 1. The molecule has 0 aliphatic rings. The van der Waals surface area contributed by atoms with Crippen LogP contribution >= 0.6 is 11.8 Å². The van der Waals surface area contributed by atoms with Gasteiger partial charge < -0.3 is 10.3 Å². The van der Waals surface area contributed by atoms with Crippen molar-refractivity contribution >= 4 is 17.7 Å². The highest BCUT2D eigenvalue weighted by atomic mass is 32.2. The molecule has 0 fully saturated rings. The zero-order valence-corrected chi connectivity index (χ0v) is 12.8. The number of carbonyl (C=O) groups is 1. The molecule has 1 atom stereocenters. The Bertz CT molecular complexity index is 589. The van der Waals surface area contributed by atoms with Gasteiger partial charge in [-0.15, -0.1) is 0 Å². The zero-order chi connectivity index (χ0) is 15.3. The normalized spacial score (nSPS) is 12.0. The van der Waals surface area contributed by atoms with Gasteiger partial charge in [0.2, 0.25) is 5.91 Å². The summed E-state index contributed by atoms with van der Waals surface area (Å²) in [5.41, 5.74) is 0.255. The lowest BCUT2D eigenvalue weighted by Crippen LogP contribution is -2.37. The summed E-state index contributed by atoms with van der Waals surface area (Å²) in [5.74, 6) is 0.333. The van der Waals surface area contributed by atoms with E-state index < -0.39 is 5.69 Å². The van der Waals surface area contributed by atoms with E-state index in [4.69, 9.17) is 5.26 Å². The molecule has 1 aromatic rings. The summed E-state index contributed by atoms with van der Waals surface area (Å²) < 4.78 is 0. The van der Waals surface area contributed by atoms with Gasteiger partial charge in [-0.2, -0.15) is 10.2 Å². The zero-order valence-electron chi connectivity index (χ0n) is 12.0. The molecule has 0 bridgehead atoms. The van der Waals surface area contributed by atoms with E-state index >= 15 is 0 Å². The van der Waals surface area contributed by atoms with E-state index in [1.807, 2.05) is 26.8 Å². The summed E-state index contributed by atoms with van der Waals surface area (Å²) in [6.07, 6.45) is 0. The van der Waals surface area contributed by atoms with E-state index in [0.717, 1.165) is 11.8 Å². The molecule has 0 spiro atoms. The van der Waals surface area contributed by atoms with Gasteiger partial charge in [-0.05, 0) is 19.8 Å². The number of rotatable bonds is 5. The van der Waals surface area contributed by atoms with Gasteiger partial charge in [-0.25, -0.2) is 4.79 Å². The maximum atomic E-state index is 11.8. The number of aryl methyl sites for hydroxylation is 1. The molecular formula is C13H18N4O2S. The average molecular weight is 294 g/mol. The van der Waals surface area contributed by atoms with Crippen molar-refractivity contribution in [1.29, 1.82) is 5.26 Å². The molecule has 6 nitrogen and oxygen atoms in total. The van der Waals surface area contributed by atoms with E-state index in [1.165, 1.54) is 0 Å². The second-order valence-electron chi connectivity index (χ2n) is 4.85. The van der Waals surface area contributed by atoms with Gasteiger partial charge in [0.05, 0.1) is 5.75 Å². The van der Waals surface area contributed by atoms with Gasteiger partial charge in [0.25, 0.3) is 0 Å². The SMILES string of the molecule is Cc1[nH]c(=O)nc(SCC(=O)N[C@H](C)C(C)C)c1C#N. The summed E-state index contributed by atoms with van der Waals surface area (Å²) in [4.78, 5) is 29.3. The standard InChI is InChI=1S/C13H18N4O2S/c1-7(2)8(3)15-11(18)6-20-12-10(5-14)9(4)16-13(19)17-12/h7-8H,6H2,1-4H3,(H,15,18)(H,16,17,19)/t8-/m1/s1. The van der Waals surface area contributed by atoms with Crippen molar-refractivity contribution in [2.24, 2.45) is 5.92 Å². The van der Waals surface area contributed by atoms with Crippen LogP contribution in [0.25, 0.3) is 0 Å². The number of aromatic amines is 1. The van der Waals surface area contributed by atoms with Crippen LogP contribution in [0.15, 0.2) is 9.82 Å². The van der Waals surface area contributed by atoms with Gasteiger partial charge in [0.15, 0.2) is 0 Å². The van der Waals surface area contributed by atoms with Gasteiger partial charge in [-0.1, -0.05) is 25.6 Å². The number of hydrogen-bond donors (Lipinski definition) is 2. The number of aromatic nitrogens is 2. The molecule has 0 radical (unpaired) electrons. The fourth-order valence-electron chi connectivity index (χ4n) is 1.39. The van der Waals surface area contributed by atoms with Crippen LogP contribution in [-0.2, 0) is 4.79 Å². The van der Waals surface area contributed by atoms with Crippen molar-refractivity contribution in [2.75, 3.05) is 5.75 Å². The Labute approximate surface area is 122 Å². The van der Waals surface area contributed by atoms with Gasteiger partial charge in [0, 0.05) is 11.7 Å². The molecule has 0 saturated carbocycles. The van der Waals surface area contributed by atoms with Gasteiger partial charge in [-0.3, -0.25) is 4.79 Å². The van der Waals surface area contributed by atoms with Crippen LogP contribution in [0.5, 0.6) is 0 Å². The quantitative estimate of drug-likeness (QED) is 0.628. The van der Waals surface area contributed by atoms with E-state index in [9.17, 15) is 9.59 Å². The third kappa shape index (κ3) is 4.38. The molecule has 7 heteroatoms. The summed E-state index contributed by atoms with van der Waals surface area (Å²) in [7, 11) is 0. The maximum Gasteiger partial charge on any atom is 0.346 e. The molecule has 20 heavy (non-hydrogen) atoms. The first-order chi connectivity index (χ1) is 9.35. The molecular weight excluding hydrogens is 276 g/mol. The molecule has 0 saturated heterocycles. The number of hydrogen-bond acceptors (Lipinski definition) is 5. The minimum absolute atomic E-state index is 0.0763. The van der Waals surface area contributed by atoms with Crippen LogP contribution in [0.1, 0.15) is 32.0 Å². The van der Waals surface area contributed by atoms with Gasteiger partial charge >= 0.3 is 5.69 Å². The molecule has 108 valence electrons. The summed E-state index contributed by atoms with van der Waals surface area (Å²) >= 11 is 1.10. The fraction of sp³-hybridized carbons (Fsp3) is 0.538. The number of nitrogens with zero attached hydrogens (tertiary/aromatic N) is 2. The predicted molar refractivity (Wildman–Crippen MR) is 77.5 cm³/mol. The molecule has 1 amide bonds. The Morgan fingerprint density at radius 2 is 2.15 bits per heavy atom. The molecule has 0 aliphatic carbocycles. The van der Waals surface area contributed by atoms with Crippen LogP contribution in [0.2, 0.25) is 0 Å². The number of nitriles is 1. The topological polar surface area (TPSA) is 98.6 Å². The minimum atomic E-state index is -0.514. The third-order valence-electron chi connectivity index (χ3n) is 2.93. The van der Waals surface area contributed by atoms with Crippen LogP contribution in [0, 0.1) is 24.2 Å². The molecule has 0 aliphatic heterocycles. The number of amides is 1. The number of carbonyl (C=O) groups excluding carboxylic acids is 1. The predicted octanol–water partition coefficient (Wildman–Crippen LogP) is 1.20. The smallest absolute Gasteiger partial charge is 0.346 e. The van der Waals surface area contributed by atoms with Crippen LogP contribution in [0.3, 0.4) is 0 Å². The largest absolute Gasteiger partial charge is 0.353 e. The highest BCUT2D eigenvalue weighted by Crippen LogP contribution is 2.19. The first kappa shape index (κ1) is 16.2. The van der Waals surface area contributed by atoms with Crippen molar-refractivity contribution in [2.45, 2.75) is 38.8 Å². The first-order valence-electron chi connectivity index (χ1n) is 6.28. The Morgan fingerprint density at radius 3 is 2.70 bits per heavy atom. The lowest BCUT2D eigenvalue weighted by Gasteiger charge is -2.17. The Balaban J connectivity index is 2.74. The molecule has 2 N–H and O–H groups in total. The highest BCUT2D eigenvalue weighted by molar-refractivity contribution is 8.00. The monoisotopic (exact) mass is 294 g/mol. The van der Waals surface area contributed by atoms with Crippen molar-refractivity contribution in [1.82, 2.24) is 15.3 Å². The maximum absolute atomic E-state index is 11.8. The van der Waals surface area contributed by atoms with Crippen molar-refractivity contribution < 1.29 is 4.79 Å². The van der Waals surface area contributed by atoms with Gasteiger partial charge in [0.1, 0.15) is 16.7 Å². The van der Waals surface area contributed by atoms with Crippen molar-refractivity contribution in [3.8, 4) is 6.07 Å². The fourth-order valence-corrected chi connectivity index (χ4v) is 2.23. The van der Waals surface area contributed by atoms with E-state index in [1.54, 1.807) is 6.92 Å². The Kier molecular flexibility index (Phi) is 5.77. The summed E-state index contributed by atoms with van der Waals surface area (Å²) in [5, 5.41) is 12.2. The lowest BCUT2D eigenvalue weighted by molar-refractivity contribution is -0.119. The second-order valence-corrected chi connectivity index (χ2v) is 5.81. The lowest BCUT2D eigenvalue weighted by atomic mass is 10.1.